The van der Waals surface area contributed by atoms with Crippen molar-refractivity contribution < 1.29 is 38.1 Å². The van der Waals surface area contributed by atoms with E-state index < -0.39 is 58.5 Å². The lowest BCUT2D eigenvalue weighted by Crippen LogP contribution is -2.45. The fourth-order valence-corrected chi connectivity index (χ4v) is 5.30. The average molecular weight is 581 g/mol. The van der Waals surface area contributed by atoms with Gasteiger partial charge < -0.3 is 30.5 Å². The van der Waals surface area contributed by atoms with E-state index in [1.807, 2.05) is 30.3 Å². The van der Waals surface area contributed by atoms with Gasteiger partial charge in [0, 0.05) is 24.0 Å². The maximum Gasteiger partial charge on any atom is 0.319 e. The number of nitrogens with one attached hydrogen (secondary N) is 3. The first-order chi connectivity index (χ1) is 19.7. The summed E-state index contributed by atoms with van der Waals surface area (Å²) in [5, 5.41) is 49.0. The number of hydrogen-bond acceptors (Lipinski definition) is 10. The Hall–Kier alpha value is -4.15. The lowest BCUT2D eigenvalue weighted by atomic mass is 10.1. The molecule has 2 fully saturated rings. The minimum absolute atomic E-state index is 0.292. The smallest absolute Gasteiger partial charge is 0.319 e. The zero-order valence-electron chi connectivity index (χ0n) is 21.4. The second-order valence-electron chi connectivity index (χ2n) is 9.82. The summed E-state index contributed by atoms with van der Waals surface area (Å²) in [6, 6.07) is 14.8. The van der Waals surface area contributed by atoms with E-state index in [2.05, 4.69) is 19.4 Å². The Balaban J connectivity index is 1.24. The van der Waals surface area contributed by atoms with Crippen molar-refractivity contribution in [2.45, 2.75) is 43.4 Å². The average Bonchev–Trinajstić information content (AvgIpc) is 3.60. The van der Waals surface area contributed by atoms with Gasteiger partial charge in [-0.2, -0.15) is 22.5 Å². The zero-order chi connectivity index (χ0) is 28.7. The number of hydrogen-bond donors (Lipinski definition) is 5. The van der Waals surface area contributed by atoms with Crippen molar-refractivity contribution in [1.82, 2.24) is 19.7 Å². The van der Waals surface area contributed by atoms with Crippen LogP contribution in [0.25, 0.3) is 22.6 Å². The first-order valence-corrected chi connectivity index (χ1v) is 14.3. The Bertz CT molecular complexity index is 1710. The molecule has 0 radical (unpaired) electrons. The number of ether oxygens (including phenoxy) is 1. The summed E-state index contributed by atoms with van der Waals surface area (Å²) in [6.45, 7) is -0.505. The van der Waals surface area contributed by atoms with E-state index in [0.29, 0.717) is 28.8 Å². The van der Waals surface area contributed by atoms with E-state index in [1.165, 1.54) is 29.1 Å². The van der Waals surface area contributed by atoms with Crippen LogP contribution in [0.1, 0.15) is 24.6 Å². The van der Waals surface area contributed by atoms with Crippen LogP contribution in [0.5, 0.6) is 5.75 Å². The fraction of sp³-hybridized carbons (Fsp3) is 0.308. The highest BCUT2D eigenvalue weighted by molar-refractivity contribution is 7.88. The van der Waals surface area contributed by atoms with Gasteiger partial charge in [-0.05, 0) is 30.5 Å². The number of aromatic nitrogens is 4. The number of benzene rings is 2. The fourth-order valence-electron chi connectivity index (χ4n) is 4.55. The molecule has 2 aliphatic rings. The molecule has 0 amide bonds. The van der Waals surface area contributed by atoms with Crippen LogP contribution in [0.3, 0.4) is 0 Å². The van der Waals surface area contributed by atoms with E-state index in [0.717, 1.165) is 24.5 Å². The summed E-state index contributed by atoms with van der Waals surface area (Å²) < 4.78 is 37.4. The van der Waals surface area contributed by atoms with Gasteiger partial charge in [-0.15, -0.1) is 5.75 Å². The molecular weight excluding hydrogens is 554 g/mol. The Morgan fingerprint density at radius 1 is 1.10 bits per heavy atom. The van der Waals surface area contributed by atoms with Gasteiger partial charge in [0.25, 0.3) is 0 Å². The van der Waals surface area contributed by atoms with Crippen molar-refractivity contribution in [2.75, 3.05) is 11.9 Å². The Morgan fingerprint density at radius 3 is 2.56 bits per heavy atom. The Kier molecular flexibility index (Phi) is 7.04. The quantitative estimate of drug-likeness (QED) is 0.0908. The molecule has 5 N–H and O–H groups in total. The molecule has 2 aromatic heterocycles. The lowest BCUT2D eigenvalue weighted by molar-refractivity contribution is -0.745. The predicted molar refractivity (Wildman–Crippen MR) is 141 cm³/mol. The number of aliphatic hydroxyl groups is 2. The predicted octanol–water partition coefficient (Wildman–Crippen LogP) is -1.18. The number of rotatable bonds is 9. The molecular formula is C26H26N7O7S-. The van der Waals surface area contributed by atoms with Crippen LogP contribution in [0.15, 0.2) is 65.3 Å². The molecule has 15 heteroatoms. The molecule has 1 saturated carbocycles. The topological polar surface area (TPSA) is 212 Å². The molecule has 6 rings (SSSR count). The van der Waals surface area contributed by atoms with Gasteiger partial charge in [0.05, 0.1) is 0 Å². The van der Waals surface area contributed by atoms with Gasteiger partial charge >= 0.3 is 15.9 Å². The van der Waals surface area contributed by atoms with E-state index in [4.69, 9.17) is 14.7 Å². The van der Waals surface area contributed by atoms with Gasteiger partial charge in [-0.25, -0.2) is 4.57 Å². The molecule has 0 bridgehead atoms. The number of anilines is 1. The Morgan fingerprint density at radius 2 is 1.83 bits per heavy atom. The highest BCUT2D eigenvalue weighted by Gasteiger charge is 2.47. The largest absolute Gasteiger partial charge is 0.872 e. The van der Waals surface area contributed by atoms with Crippen LogP contribution in [-0.4, -0.2) is 70.4 Å². The van der Waals surface area contributed by atoms with Crippen LogP contribution >= 0.6 is 0 Å². The number of para-hydroxylation sites is 1. The SMILES string of the molecule is O=S(=O)(N=C([O-])c1ccccc1[O-])NC[C@H]1O[C@@H]([n+]2c[nH]c3c(NC4CC4)nc(-c4ccccc4)nc32)[C@H](O)[C@@H]1O. The van der Waals surface area contributed by atoms with Crippen LogP contribution in [0.4, 0.5) is 5.82 Å². The summed E-state index contributed by atoms with van der Waals surface area (Å²) in [6.07, 6.45) is -1.70. The third kappa shape index (κ3) is 5.57. The number of H-pyrrole nitrogens is 1. The second-order valence-corrected chi connectivity index (χ2v) is 11.2. The summed E-state index contributed by atoms with van der Waals surface area (Å²) in [4.78, 5) is 12.5. The maximum atomic E-state index is 12.4. The number of aromatic amines is 1. The number of nitrogens with zero attached hydrogens (tertiary/aromatic N) is 4. The molecule has 1 aliphatic carbocycles. The second kappa shape index (κ2) is 10.7. The molecule has 0 spiro atoms. The highest BCUT2D eigenvalue weighted by atomic mass is 32.2. The van der Waals surface area contributed by atoms with E-state index in [-0.39, 0.29) is 0 Å². The Labute approximate surface area is 234 Å². The molecule has 41 heavy (non-hydrogen) atoms. The monoisotopic (exact) mass is 580 g/mol. The summed E-state index contributed by atoms with van der Waals surface area (Å²) in [5.41, 5.74) is 1.35. The first-order valence-electron chi connectivity index (χ1n) is 12.9. The maximum absolute atomic E-state index is 12.4. The van der Waals surface area contributed by atoms with Crippen molar-refractivity contribution in [3.8, 4) is 17.1 Å². The summed E-state index contributed by atoms with van der Waals surface area (Å²) >= 11 is 0. The molecule has 1 aliphatic heterocycles. The van der Waals surface area contributed by atoms with Gasteiger partial charge in [0.2, 0.25) is 17.6 Å². The molecule has 4 aromatic rings. The van der Waals surface area contributed by atoms with Crippen LogP contribution in [-0.2, 0) is 14.9 Å². The van der Waals surface area contributed by atoms with E-state index in [1.54, 1.807) is 0 Å². The van der Waals surface area contributed by atoms with Gasteiger partial charge in [-0.3, -0.25) is 4.98 Å². The molecule has 14 nitrogen and oxygen atoms in total. The molecule has 0 unspecified atom stereocenters. The van der Waals surface area contributed by atoms with Crippen molar-refractivity contribution in [3.63, 3.8) is 0 Å². The molecule has 1 saturated heterocycles. The van der Waals surface area contributed by atoms with Crippen LogP contribution in [0.2, 0.25) is 0 Å². The molecule has 4 atom stereocenters. The standard InChI is InChI=1S/C26H27N7O7S/c34-17-9-5-4-8-16(17)25(37)32-41(38,39)28-12-18-20(35)21(36)26(40-18)33-13-27-19-23(29-15-10-11-15)30-22(31-24(19)33)14-6-2-1-3-7-14/h1-9,13,15,18,20-21,26,28,35-36H,10-12H2,(H3,29,30,31,32,34,37)/p-1/t18-,20-,21-,26-/m1/s1. The molecule has 3 heterocycles. The normalized spacial score (nSPS) is 23.2. The highest BCUT2D eigenvalue weighted by Crippen LogP contribution is 2.31. The van der Waals surface area contributed by atoms with Gasteiger partial charge in [0.15, 0.2) is 12.1 Å². The first kappa shape index (κ1) is 27.0. The van der Waals surface area contributed by atoms with Crippen molar-refractivity contribution in [3.05, 3.63) is 66.5 Å². The third-order valence-corrected chi connectivity index (χ3v) is 7.77. The van der Waals surface area contributed by atoms with Crippen molar-refractivity contribution >= 4 is 33.1 Å². The summed E-state index contributed by atoms with van der Waals surface area (Å²) in [5.74, 6) is -0.869. The molecule has 2 aromatic carbocycles. The third-order valence-electron chi connectivity index (χ3n) is 6.83. The van der Waals surface area contributed by atoms with E-state index >= 15 is 0 Å². The van der Waals surface area contributed by atoms with Gasteiger partial charge in [0.1, 0.15) is 18.3 Å². The number of aliphatic hydroxyl groups excluding tert-OH is 2. The summed E-state index contributed by atoms with van der Waals surface area (Å²) in [7, 11) is -4.56. The van der Waals surface area contributed by atoms with Crippen molar-refractivity contribution in [2.24, 2.45) is 4.40 Å². The van der Waals surface area contributed by atoms with Gasteiger partial charge in [-0.1, -0.05) is 47.4 Å². The van der Waals surface area contributed by atoms with Crippen LogP contribution in [0, 0.1) is 0 Å². The van der Waals surface area contributed by atoms with Crippen LogP contribution < -0.4 is 24.8 Å². The number of imidazole rings is 1. The minimum atomic E-state index is -4.56. The lowest BCUT2D eigenvalue weighted by Gasteiger charge is -2.18. The number of fused-ring (bicyclic) bond motifs is 1. The minimum Gasteiger partial charge on any atom is -0.872 e. The van der Waals surface area contributed by atoms with E-state index in [9.17, 15) is 28.8 Å². The van der Waals surface area contributed by atoms with Crippen molar-refractivity contribution in [1.29, 1.82) is 0 Å². The molecule has 214 valence electrons. The zero-order valence-corrected chi connectivity index (χ0v) is 22.2.